The first kappa shape index (κ1) is 15.4. The Hall–Kier alpha value is -3.46. The van der Waals surface area contributed by atoms with E-state index < -0.39 is 11.4 Å². The van der Waals surface area contributed by atoms with Gasteiger partial charge in [0, 0.05) is 0 Å². The smallest absolute Gasteiger partial charge is 0.259 e. The van der Waals surface area contributed by atoms with Gasteiger partial charge in [0.05, 0.1) is 23.6 Å². The fraction of sp³-hybridized carbons (Fsp3) is 0.0556. The normalized spacial score (nSPS) is 11.3. The van der Waals surface area contributed by atoms with Crippen LogP contribution in [0.2, 0.25) is 0 Å². The molecule has 2 aromatic carbocycles. The SMILES string of the molecule is COc1ccc(/C=C(\C#N)c2nc3ccc(F)cc3c(=O)[nH]2)cc1. The maximum Gasteiger partial charge on any atom is 0.259 e. The van der Waals surface area contributed by atoms with E-state index in [1.54, 1.807) is 37.5 Å². The number of hydrogen-bond donors (Lipinski definition) is 1. The average molecular weight is 321 g/mol. The number of rotatable bonds is 3. The van der Waals surface area contributed by atoms with Crippen LogP contribution in [0.5, 0.6) is 5.75 Å². The molecule has 0 saturated carbocycles. The monoisotopic (exact) mass is 321 g/mol. The van der Waals surface area contributed by atoms with Crippen molar-refractivity contribution in [3.05, 3.63) is 70.0 Å². The number of methoxy groups -OCH3 is 1. The second-order valence-electron chi connectivity index (χ2n) is 5.02. The molecule has 1 heterocycles. The van der Waals surface area contributed by atoms with Crippen molar-refractivity contribution in [3.63, 3.8) is 0 Å². The van der Waals surface area contributed by atoms with Crippen LogP contribution in [-0.4, -0.2) is 17.1 Å². The van der Waals surface area contributed by atoms with E-state index in [9.17, 15) is 14.4 Å². The molecule has 0 amide bonds. The Labute approximate surface area is 136 Å². The molecule has 0 saturated heterocycles. The minimum Gasteiger partial charge on any atom is -0.497 e. The van der Waals surface area contributed by atoms with E-state index in [0.717, 1.165) is 11.6 Å². The molecular weight excluding hydrogens is 309 g/mol. The number of aromatic nitrogens is 2. The van der Waals surface area contributed by atoms with Gasteiger partial charge in [-0.1, -0.05) is 12.1 Å². The maximum atomic E-state index is 13.2. The third-order valence-electron chi connectivity index (χ3n) is 3.47. The third kappa shape index (κ3) is 3.01. The minimum atomic E-state index is -0.517. The van der Waals surface area contributed by atoms with E-state index in [4.69, 9.17) is 4.74 Å². The highest BCUT2D eigenvalue weighted by atomic mass is 19.1. The molecule has 3 aromatic rings. The summed E-state index contributed by atoms with van der Waals surface area (Å²) in [5.74, 6) is 0.319. The maximum absolute atomic E-state index is 13.2. The fourth-order valence-corrected chi connectivity index (χ4v) is 2.26. The molecule has 0 radical (unpaired) electrons. The predicted molar refractivity (Wildman–Crippen MR) is 88.8 cm³/mol. The van der Waals surface area contributed by atoms with E-state index >= 15 is 0 Å². The summed E-state index contributed by atoms with van der Waals surface area (Å²) in [6, 6.07) is 12.9. The van der Waals surface area contributed by atoms with Crippen molar-refractivity contribution in [2.75, 3.05) is 7.11 Å². The highest BCUT2D eigenvalue weighted by Crippen LogP contribution is 2.18. The van der Waals surface area contributed by atoms with Gasteiger partial charge < -0.3 is 9.72 Å². The Bertz CT molecular complexity index is 1030. The molecule has 1 aromatic heterocycles. The number of ether oxygens (including phenoxy) is 1. The number of nitrogens with one attached hydrogen (secondary N) is 1. The number of halogens is 1. The lowest BCUT2D eigenvalue weighted by molar-refractivity contribution is 0.415. The van der Waals surface area contributed by atoms with Crippen LogP contribution in [0.4, 0.5) is 4.39 Å². The zero-order chi connectivity index (χ0) is 17.1. The molecule has 0 unspecified atom stereocenters. The van der Waals surface area contributed by atoms with Gasteiger partial charge in [-0.3, -0.25) is 4.79 Å². The third-order valence-corrected chi connectivity index (χ3v) is 3.47. The largest absolute Gasteiger partial charge is 0.497 e. The van der Waals surface area contributed by atoms with Gasteiger partial charge in [-0.2, -0.15) is 5.26 Å². The van der Waals surface area contributed by atoms with Crippen LogP contribution in [0.25, 0.3) is 22.6 Å². The molecule has 0 aliphatic rings. The van der Waals surface area contributed by atoms with Crippen molar-refractivity contribution in [2.45, 2.75) is 0 Å². The lowest BCUT2D eigenvalue weighted by Gasteiger charge is -2.03. The summed E-state index contributed by atoms with van der Waals surface area (Å²) < 4.78 is 18.3. The zero-order valence-corrected chi connectivity index (χ0v) is 12.7. The lowest BCUT2D eigenvalue weighted by Crippen LogP contribution is -2.11. The number of allylic oxidation sites excluding steroid dienone is 1. The van der Waals surface area contributed by atoms with Crippen LogP contribution in [0.1, 0.15) is 11.4 Å². The van der Waals surface area contributed by atoms with Gasteiger partial charge in [0.25, 0.3) is 5.56 Å². The molecule has 118 valence electrons. The van der Waals surface area contributed by atoms with Crippen LogP contribution >= 0.6 is 0 Å². The van der Waals surface area contributed by atoms with Crippen molar-refractivity contribution in [1.29, 1.82) is 5.26 Å². The highest BCUT2D eigenvalue weighted by molar-refractivity contribution is 5.89. The first-order valence-electron chi connectivity index (χ1n) is 7.06. The number of nitriles is 1. The zero-order valence-electron chi connectivity index (χ0n) is 12.7. The van der Waals surface area contributed by atoms with Gasteiger partial charge in [0.2, 0.25) is 0 Å². The summed E-state index contributed by atoms with van der Waals surface area (Å²) in [4.78, 5) is 18.9. The number of fused-ring (bicyclic) bond motifs is 1. The number of benzene rings is 2. The predicted octanol–water partition coefficient (Wildman–Crippen LogP) is 3.13. The summed E-state index contributed by atoms with van der Waals surface area (Å²) in [5.41, 5.74) is 0.786. The van der Waals surface area contributed by atoms with Crippen LogP contribution in [-0.2, 0) is 0 Å². The molecule has 5 nitrogen and oxygen atoms in total. The lowest BCUT2D eigenvalue weighted by atomic mass is 10.1. The van der Waals surface area contributed by atoms with Crippen LogP contribution in [0, 0.1) is 17.1 Å². The minimum absolute atomic E-state index is 0.137. The van der Waals surface area contributed by atoms with Crippen molar-refractivity contribution in [1.82, 2.24) is 9.97 Å². The fourth-order valence-electron chi connectivity index (χ4n) is 2.26. The first-order valence-corrected chi connectivity index (χ1v) is 7.06. The molecule has 3 rings (SSSR count). The van der Waals surface area contributed by atoms with E-state index in [1.807, 2.05) is 6.07 Å². The molecule has 0 aliphatic carbocycles. The Morgan fingerprint density at radius 3 is 2.71 bits per heavy atom. The molecule has 1 N–H and O–H groups in total. The summed E-state index contributed by atoms with van der Waals surface area (Å²) in [5, 5.41) is 9.52. The Morgan fingerprint density at radius 2 is 2.04 bits per heavy atom. The molecule has 0 spiro atoms. The number of nitrogens with zero attached hydrogens (tertiary/aromatic N) is 2. The first-order chi connectivity index (χ1) is 11.6. The van der Waals surface area contributed by atoms with Crippen molar-refractivity contribution >= 4 is 22.6 Å². The van der Waals surface area contributed by atoms with Gasteiger partial charge in [0.1, 0.15) is 17.6 Å². The quantitative estimate of drug-likeness (QED) is 0.752. The van der Waals surface area contributed by atoms with Gasteiger partial charge >= 0.3 is 0 Å². The van der Waals surface area contributed by atoms with Crippen molar-refractivity contribution in [2.24, 2.45) is 0 Å². The Balaban J connectivity index is 2.09. The molecule has 6 heteroatoms. The Morgan fingerprint density at radius 1 is 1.29 bits per heavy atom. The van der Waals surface area contributed by atoms with Crippen LogP contribution in [0.3, 0.4) is 0 Å². The molecular formula is C18H12FN3O2. The van der Waals surface area contributed by atoms with Gasteiger partial charge in [-0.15, -0.1) is 0 Å². The molecule has 0 aliphatic heterocycles. The topological polar surface area (TPSA) is 78.8 Å². The van der Waals surface area contributed by atoms with Gasteiger partial charge in [-0.25, -0.2) is 9.37 Å². The molecule has 24 heavy (non-hydrogen) atoms. The van der Waals surface area contributed by atoms with E-state index in [1.165, 1.54) is 12.1 Å². The van der Waals surface area contributed by atoms with E-state index in [2.05, 4.69) is 9.97 Å². The van der Waals surface area contributed by atoms with Gasteiger partial charge in [0.15, 0.2) is 5.82 Å². The summed E-state index contributed by atoms with van der Waals surface area (Å²) >= 11 is 0. The second-order valence-corrected chi connectivity index (χ2v) is 5.02. The van der Waals surface area contributed by atoms with Crippen LogP contribution in [0.15, 0.2) is 47.3 Å². The summed E-state index contributed by atoms with van der Waals surface area (Å²) in [6.45, 7) is 0. The number of hydrogen-bond acceptors (Lipinski definition) is 4. The summed E-state index contributed by atoms with van der Waals surface area (Å²) in [7, 11) is 1.57. The molecule has 0 fully saturated rings. The molecule has 0 bridgehead atoms. The second kappa shape index (κ2) is 6.34. The van der Waals surface area contributed by atoms with Crippen LogP contribution < -0.4 is 10.3 Å². The van der Waals surface area contributed by atoms with Crippen molar-refractivity contribution in [3.8, 4) is 11.8 Å². The van der Waals surface area contributed by atoms with E-state index in [0.29, 0.717) is 11.3 Å². The summed E-state index contributed by atoms with van der Waals surface area (Å²) in [6.07, 6.45) is 1.60. The number of aromatic amines is 1. The highest BCUT2D eigenvalue weighted by Gasteiger charge is 2.09. The van der Waals surface area contributed by atoms with Gasteiger partial charge in [-0.05, 0) is 42.0 Å². The van der Waals surface area contributed by atoms with E-state index in [-0.39, 0.29) is 16.8 Å². The Kier molecular flexibility index (Phi) is 4.08. The number of H-pyrrole nitrogens is 1. The average Bonchev–Trinajstić information content (AvgIpc) is 2.60. The van der Waals surface area contributed by atoms with Crippen molar-refractivity contribution < 1.29 is 9.13 Å². The molecule has 0 atom stereocenters. The standard InChI is InChI=1S/C18H12FN3O2/c1-24-14-5-2-11(3-6-14)8-12(10-20)17-21-16-7-4-13(19)9-15(16)18(23)22-17/h2-9H,1H3,(H,21,22,23)/b12-8+.